The fourth-order valence-corrected chi connectivity index (χ4v) is 2.45. The lowest BCUT2D eigenvalue weighted by Crippen LogP contribution is -1.94. The molecule has 0 spiro atoms. The van der Waals surface area contributed by atoms with Gasteiger partial charge in [0.1, 0.15) is 5.76 Å². The molecule has 0 saturated heterocycles. The van der Waals surface area contributed by atoms with Crippen molar-refractivity contribution in [1.82, 2.24) is 0 Å². The van der Waals surface area contributed by atoms with E-state index in [2.05, 4.69) is 42.5 Å². The smallest absolute Gasteiger partial charge is 0.121 e. The van der Waals surface area contributed by atoms with Crippen molar-refractivity contribution in [1.29, 1.82) is 0 Å². The lowest BCUT2D eigenvalue weighted by Gasteiger charge is -2.07. The zero-order chi connectivity index (χ0) is 12.4. The molecule has 1 unspecified atom stereocenters. The Morgan fingerprint density at radius 3 is 2.56 bits per heavy atom. The zero-order valence-electron chi connectivity index (χ0n) is 9.84. The molecule has 18 heavy (non-hydrogen) atoms. The van der Waals surface area contributed by atoms with Crippen LogP contribution in [0.1, 0.15) is 16.7 Å². The third-order valence-electron chi connectivity index (χ3n) is 3.08. The van der Waals surface area contributed by atoms with Gasteiger partial charge in [0.05, 0.1) is 11.6 Å². The summed E-state index contributed by atoms with van der Waals surface area (Å²) in [6.45, 7) is 0. The quantitative estimate of drug-likeness (QED) is 0.604. The topological polar surface area (TPSA) is 13.1 Å². The van der Waals surface area contributed by atoms with E-state index in [-0.39, 0.29) is 5.38 Å². The summed E-state index contributed by atoms with van der Waals surface area (Å²) < 4.78 is 5.32. The molecule has 0 radical (unpaired) electrons. The van der Waals surface area contributed by atoms with Crippen LogP contribution in [0, 0.1) is 0 Å². The Hall–Kier alpha value is -1.73. The first-order valence-corrected chi connectivity index (χ1v) is 6.42. The van der Waals surface area contributed by atoms with Gasteiger partial charge in [0.15, 0.2) is 0 Å². The molecular formula is C16H13ClO. The van der Waals surface area contributed by atoms with E-state index in [1.165, 1.54) is 16.3 Å². The van der Waals surface area contributed by atoms with Crippen molar-refractivity contribution < 1.29 is 4.42 Å². The highest BCUT2D eigenvalue weighted by atomic mass is 35.5. The lowest BCUT2D eigenvalue weighted by atomic mass is 10.0. The summed E-state index contributed by atoms with van der Waals surface area (Å²) in [5.41, 5.74) is 1.23. The van der Waals surface area contributed by atoms with E-state index < -0.39 is 0 Å². The minimum atomic E-state index is -0.110. The molecule has 3 aromatic rings. The van der Waals surface area contributed by atoms with Gasteiger partial charge in [0.25, 0.3) is 0 Å². The van der Waals surface area contributed by atoms with Crippen LogP contribution in [0.2, 0.25) is 0 Å². The molecule has 0 aliphatic rings. The van der Waals surface area contributed by atoms with Crippen molar-refractivity contribution in [3.05, 3.63) is 72.2 Å². The lowest BCUT2D eigenvalue weighted by molar-refractivity contribution is 0.502. The molecular weight excluding hydrogens is 244 g/mol. The fraction of sp³-hybridized carbons (Fsp3) is 0.125. The molecule has 0 amide bonds. The van der Waals surface area contributed by atoms with Crippen molar-refractivity contribution in [3.8, 4) is 0 Å². The molecule has 1 aromatic heterocycles. The van der Waals surface area contributed by atoms with Crippen LogP contribution in [-0.2, 0) is 6.42 Å². The second-order valence-corrected chi connectivity index (χ2v) is 4.90. The number of fused-ring (bicyclic) bond motifs is 1. The van der Waals surface area contributed by atoms with Gasteiger partial charge in [-0.3, -0.25) is 0 Å². The number of halogens is 1. The summed E-state index contributed by atoms with van der Waals surface area (Å²) in [6, 6.07) is 18.6. The van der Waals surface area contributed by atoms with E-state index in [0.717, 1.165) is 12.2 Å². The van der Waals surface area contributed by atoms with E-state index in [9.17, 15) is 0 Å². The average Bonchev–Trinajstić information content (AvgIpc) is 2.92. The number of benzene rings is 2. The molecule has 0 bridgehead atoms. The fourth-order valence-electron chi connectivity index (χ4n) is 2.14. The molecule has 0 aliphatic heterocycles. The number of rotatable bonds is 3. The van der Waals surface area contributed by atoms with Crippen molar-refractivity contribution in [2.24, 2.45) is 0 Å². The number of hydrogen-bond acceptors (Lipinski definition) is 1. The van der Waals surface area contributed by atoms with Crippen molar-refractivity contribution in [2.75, 3.05) is 0 Å². The number of furan rings is 1. The highest BCUT2D eigenvalue weighted by Crippen LogP contribution is 2.26. The Morgan fingerprint density at radius 1 is 0.944 bits per heavy atom. The van der Waals surface area contributed by atoms with Crippen LogP contribution in [0.3, 0.4) is 0 Å². The van der Waals surface area contributed by atoms with E-state index in [1.807, 2.05) is 12.1 Å². The standard InChI is InChI=1S/C16H13ClO/c17-15(16-6-3-9-18-16)11-12-7-8-13-4-1-2-5-14(13)10-12/h1-10,15H,11H2. The molecule has 0 fully saturated rings. The maximum Gasteiger partial charge on any atom is 0.121 e. The highest BCUT2D eigenvalue weighted by Gasteiger charge is 2.11. The van der Waals surface area contributed by atoms with Gasteiger partial charge in [0.2, 0.25) is 0 Å². The van der Waals surface area contributed by atoms with E-state index in [0.29, 0.717) is 0 Å². The van der Waals surface area contributed by atoms with Crippen LogP contribution in [0.5, 0.6) is 0 Å². The van der Waals surface area contributed by atoms with Gasteiger partial charge in [-0.1, -0.05) is 42.5 Å². The summed E-state index contributed by atoms with van der Waals surface area (Å²) in [7, 11) is 0. The van der Waals surface area contributed by atoms with Gasteiger partial charge in [-0.05, 0) is 34.9 Å². The van der Waals surface area contributed by atoms with E-state index in [1.54, 1.807) is 6.26 Å². The van der Waals surface area contributed by atoms with Crippen LogP contribution in [0.25, 0.3) is 10.8 Å². The van der Waals surface area contributed by atoms with Crippen molar-refractivity contribution >= 4 is 22.4 Å². The summed E-state index contributed by atoms with van der Waals surface area (Å²) in [6.07, 6.45) is 2.44. The zero-order valence-corrected chi connectivity index (χ0v) is 10.6. The molecule has 90 valence electrons. The van der Waals surface area contributed by atoms with Crippen molar-refractivity contribution in [2.45, 2.75) is 11.8 Å². The SMILES string of the molecule is ClC(Cc1ccc2ccccc2c1)c1ccco1. The van der Waals surface area contributed by atoms with Gasteiger partial charge in [-0.15, -0.1) is 11.6 Å². The third-order valence-corrected chi connectivity index (χ3v) is 3.45. The molecule has 0 N–H and O–H groups in total. The Kier molecular flexibility index (Phi) is 3.07. The second-order valence-electron chi connectivity index (χ2n) is 4.37. The first-order chi connectivity index (χ1) is 8.83. The first kappa shape index (κ1) is 11.4. The largest absolute Gasteiger partial charge is 0.468 e. The van der Waals surface area contributed by atoms with E-state index >= 15 is 0 Å². The Labute approximate surface area is 111 Å². The van der Waals surface area contributed by atoms with Gasteiger partial charge in [0, 0.05) is 0 Å². The van der Waals surface area contributed by atoms with E-state index in [4.69, 9.17) is 16.0 Å². The van der Waals surface area contributed by atoms with Gasteiger partial charge >= 0.3 is 0 Å². The molecule has 0 aliphatic carbocycles. The molecule has 1 atom stereocenters. The number of hydrogen-bond donors (Lipinski definition) is 0. The van der Waals surface area contributed by atoms with Gasteiger partial charge in [-0.25, -0.2) is 0 Å². The molecule has 2 aromatic carbocycles. The number of alkyl halides is 1. The molecule has 3 rings (SSSR count). The maximum atomic E-state index is 6.34. The normalized spacial score (nSPS) is 12.7. The monoisotopic (exact) mass is 256 g/mol. The van der Waals surface area contributed by atoms with Crippen molar-refractivity contribution in [3.63, 3.8) is 0 Å². The Morgan fingerprint density at radius 2 is 1.78 bits per heavy atom. The van der Waals surface area contributed by atoms with Crippen LogP contribution in [0.15, 0.2) is 65.3 Å². The summed E-state index contributed by atoms with van der Waals surface area (Å²) in [5, 5.41) is 2.39. The summed E-state index contributed by atoms with van der Waals surface area (Å²) in [4.78, 5) is 0. The summed E-state index contributed by atoms with van der Waals surface area (Å²) in [5.74, 6) is 0.824. The van der Waals surface area contributed by atoms with Crippen LogP contribution in [0.4, 0.5) is 0 Å². The third kappa shape index (κ3) is 2.27. The average molecular weight is 257 g/mol. The minimum absolute atomic E-state index is 0.110. The molecule has 0 saturated carbocycles. The van der Waals surface area contributed by atoms with Crippen LogP contribution < -0.4 is 0 Å². The predicted molar refractivity (Wildman–Crippen MR) is 75.0 cm³/mol. The predicted octanol–water partition coefficient (Wildman–Crippen LogP) is 4.96. The highest BCUT2D eigenvalue weighted by molar-refractivity contribution is 6.20. The van der Waals surface area contributed by atoms with Gasteiger partial charge < -0.3 is 4.42 Å². The summed E-state index contributed by atoms with van der Waals surface area (Å²) >= 11 is 6.34. The molecule has 2 heteroatoms. The Balaban J connectivity index is 1.86. The second kappa shape index (κ2) is 4.87. The molecule has 1 heterocycles. The minimum Gasteiger partial charge on any atom is -0.468 e. The van der Waals surface area contributed by atoms with Crippen LogP contribution in [-0.4, -0.2) is 0 Å². The first-order valence-electron chi connectivity index (χ1n) is 5.98. The van der Waals surface area contributed by atoms with Gasteiger partial charge in [-0.2, -0.15) is 0 Å². The Bertz CT molecular complexity index is 643. The van der Waals surface area contributed by atoms with Crippen LogP contribution >= 0.6 is 11.6 Å². The maximum absolute atomic E-state index is 6.34. The molecule has 1 nitrogen and oxygen atoms in total.